The summed E-state index contributed by atoms with van der Waals surface area (Å²) >= 11 is 2.75. The van der Waals surface area contributed by atoms with Gasteiger partial charge in [-0.05, 0) is 54.1 Å². The molecule has 0 aliphatic carbocycles. The number of nitrogens with zero attached hydrogens (tertiary/aromatic N) is 3. The maximum atomic E-state index is 13.2. The van der Waals surface area contributed by atoms with E-state index < -0.39 is 9.84 Å². The molecule has 0 bridgehead atoms. The Balaban J connectivity index is 1.57. The highest BCUT2D eigenvalue weighted by Gasteiger charge is 2.21. The van der Waals surface area contributed by atoms with Gasteiger partial charge in [-0.15, -0.1) is 11.8 Å². The van der Waals surface area contributed by atoms with Crippen molar-refractivity contribution in [2.45, 2.75) is 22.8 Å². The predicted octanol–water partition coefficient (Wildman–Crippen LogP) is 4.95. The zero-order valence-corrected chi connectivity index (χ0v) is 20.1. The zero-order chi connectivity index (χ0) is 23.4. The second-order valence-corrected chi connectivity index (χ2v) is 11.5. The monoisotopic (exact) mass is 501 g/mol. The number of hydrogen-bond acceptors (Lipinski definition) is 7. The van der Waals surface area contributed by atoms with Crippen LogP contribution >= 0.6 is 23.1 Å². The van der Waals surface area contributed by atoms with Gasteiger partial charge in [-0.2, -0.15) is 0 Å². The van der Waals surface area contributed by atoms with Gasteiger partial charge >= 0.3 is 0 Å². The van der Waals surface area contributed by atoms with Gasteiger partial charge in [0, 0.05) is 35.7 Å². The Bertz CT molecular complexity index is 1370. The summed E-state index contributed by atoms with van der Waals surface area (Å²) in [4.78, 5) is 24.6. The minimum Gasteiger partial charge on any atom is -0.284 e. The zero-order valence-electron chi connectivity index (χ0n) is 17.6. The smallest absolute Gasteiger partial charge is 0.229 e. The molecule has 2 heterocycles. The molecule has 2 aromatic heterocycles. The van der Waals surface area contributed by atoms with E-state index >= 15 is 0 Å². The lowest BCUT2D eigenvalue weighted by Crippen LogP contribution is -2.30. The van der Waals surface area contributed by atoms with Crippen LogP contribution in [0.15, 0.2) is 76.8 Å². The summed E-state index contributed by atoms with van der Waals surface area (Å²) in [6.45, 7) is 0.298. The van der Waals surface area contributed by atoms with Gasteiger partial charge in [0.1, 0.15) is 5.82 Å². The maximum absolute atomic E-state index is 13.2. The van der Waals surface area contributed by atoms with Gasteiger partial charge in [-0.3, -0.25) is 14.7 Å². The fourth-order valence-electron chi connectivity index (χ4n) is 3.10. The number of pyridine rings is 1. The van der Waals surface area contributed by atoms with Crippen molar-refractivity contribution >= 4 is 54.2 Å². The van der Waals surface area contributed by atoms with Crippen molar-refractivity contribution in [1.82, 2.24) is 9.97 Å². The standard InChI is InChI=1S/C23H20FN3O3S3/c1-33(29,30)19-8-9-20-21(13-19)32-23(26-20)27(15-16-3-2-11-25-14-16)22(28)10-12-31-18-6-4-17(24)5-7-18/h2-9,11,13-14H,10,12,15H2,1H3. The Morgan fingerprint density at radius 2 is 1.94 bits per heavy atom. The minimum atomic E-state index is -3.35. The highest BCUT2D eigenvalue weighted by Crippen LogP contribution is 2.32. The Hall–Kier alpha value is -2.82. The van der Waals surface area contributed by atoms with Gasteiger partial charge in [0.15, 0.2) is 15.0 Å². The highest BCUT2D eigenvalue weighted by atomic mass is 32.2. The topological polar surface area (TPSA) is 80.2 Å². The molecule has 0 spiro atoms. The number of aromatic nitrogens is 2. The van der Waals surface area contributed by atoms with Crippen LogP contribution in [0.3, 0.4) is 0 Å². The van der Waals surface area contributed by atoms with E-state index in [1.807, 2.05) is 6.07 Å². The first-order valence-electron chi connectivity index (χ1n) is 9.98. The van der Waals surface area contributed by atoms with E-state index in [1.165, 1.54) is 41.3 Å². The Morgan fingerprint density at radius 1 is 1.15 bits per heavy atom. The van der Waals surface area contributed by atoms with E-state index in [2.05, 4.69) is 9.97 Å². The number of carbonyl (C=O) groups excluding carboxylic acids is 1. The van der Waals surface area contributed by atoms with Gasteiger partial charge in [0.2, 0.25) is 5.91 Å². The molecule has 10 heteroatoms. The van der Waals surface area contributed by atoms with E-state index in [1.54, 1.807) is 47.6 Å². The summed E-state index contributed by atoms with van der Waals surface area (Å²) in [6.07, 6.45) is 4.78. The number of amides is 1. The lowest BCUT2D eigenvalue weighted by atomic mass is 10.2. The average molecular weight is 502 g/mol. The van der Waals surface area contributed by atoms with Crippen LogP contribution in [-0.4, -0.2) is 36.3 Å². The number of fused-ring (bicyclic) bond motifs is 1. The van der Waals surface area contributed by atoms with Crippen LogP contribution in [0, 0.1) is 5.82 Å². The van der Waals surface area contributed by atoms with E-state index in [4.69, 9.17) is 0 Å². The number of sulfone groups is 1. The van der Waals surface area contributed by atoms with Crippen LogP contribution < -0.4 is 4.90 Å². The molecule has 6 nitrogen and oxygen atoms in total. The molecule has 0 radical (unpaired) electrons. The molecule has 33 heavy (non-hydrogen) atoms. The quantitative estimate of drug-likeness (QED) is 0.318. The Morgan fingerprint density at radius 3 is 2.64 bits per heavy atom. The van der Waals surface area contributed by atoms with Gasteiger partial charge in [-0.25, -0.2) is 17.8 Å². The summed E-state index contributed by atoms with van der Waals surface area (Å²) < 4.78 is 37.6. The first kappa shape index (κ1) is 23.3. The summed E-state index contributed by atoms with van der Waals surface area (Å²) in [5, 5.41) is 0.497. The molecule has 0 unspecified atom stereocenters. The lowest BCUT2D eigenvalue weighted by Gasteiger charge is -2.20. The van der Waals surface area contributed by atoms with E-state index in [0.717, 1.165) is 16.7 Å². The Kier molecular flexibility index (Phi) is 7.06. The Labute approximate surface area is 199 Å². The molecule has 1 amide bonds. The normalized spacial score (nSPS) is 11.6. The summed E-state index contributed by atoms with van der Waals surface area (Å²) in [7, 11) is -3.35. The molecule has 0 aliphatic rings. The van der Waals surface area contributed by atoms with Gasteiger partial charge in [0.25, 0.3) is 0 Å². The number of thiazole rings is 1. The van der Waals surface area contributed by atoms with Crippen LogP contribution in [0.4, 0.5) is 9.52 Å². The van der Waals surface area contributed by atoms with Crippen LogP contribution in [0.25, 0.3) is 10.2 Å². The third-order valence-corrected chi connectivity index (χ3v) is 7.94. The van der Waals surface area contributed by atoms with Crippen molar-refractivity contribution < 1.29 is 17.6 Å². The second kappa shape index (κ2) is 9.98. The maximum Gasteiger partial charge on any atom is 0.229 e. The first-order chi connectivity index (χ1) is 15.8. The largest absolute Gasteiger partial charge is 0.284 e. The van der Waals surface area contributed by atoms with Gasteiger partial charge < -0.3 is 0 Å². The molecule has 0 N–H and O–H groups in total. The molecule has 4 aromatic rings. The average Bonchev–Trinajstić information content (AvgIpc) is 3.22. The molecule has 0 atom stereocenters. The van der Waals surface area contributed by atoms with Crippen molar-refractivity contribution in [2.24, 2.45) is 0 Å². The molecule has 0 aliphatic heterocycles. The number of hydrogen-bond donors (Lipinski definition) is 0. The molecular formula is C23H20FN3O3S3. The number of benzene rings is 2. The number of rotatable bonds is 8. The van der Waals surface area contributed by atoms with Crippen LogP contribution in [-0.2, 0) is 21.2 Å². The SMILES string of the molecule is CS(=O)(=O)c1ccc2nc(N(Cc3cccnc3)C(=O)CCSc3ccc(F)cc3)sc2c1. The van der Waals surface area contributed by atoms with Crippen molar-refractivity contribution in [3.8, 4) is 0 Å². The summed E-state index contributed by atoms with van der Waals surface area (Å²) in [6, 6.07) is 14.6. The van der Waals surface area contributed by atoms with Crippen LogP contribution in [0.1, 0.15) is 12.0 Å². The first-order valence-corrected chi connectivity index (χ1v) is 13.7. The molecule has 0 fully saturated rings. The number of anilines is 1. The summed E-state index contributed by atoms with van der Waals surface area (Å²) in [5.74, 6) is 0.112. The number of halogens is 1. The molecule has 4 rings (SSSR count). The molecule has 0 saturated carbocycles. The number of thioether (sulfide) groups is 1. The van der Waals surface area contributed by atoms with Crippen molar-refractivity contribution in [2.75, 3.05) is 16.9 Å². The molecule has 2 aromatic carbocycles. The number of carbonyl (C=O) groups is 1. The fraction of sp³-hybridized carbons (Fsp3) is 0.174. The van der Waals surface area contributed by atoms with E-state index in [-0.39, 0.29) is 23.0 Å². The third-order valence-electron chi connectivity index (χ3n) is 4.77. The van der Waals surface area contributed by atoms with E-state index in [9.17, 15) is 17.6 Å². The highest BCUT2D eigenvalue weighted by molar-refractivity contribution is 7.99. The minimum absolute atomic E-state index is 0.115. The predicted molar refractivity (Wildman–Crippen MR) is 130 cm³/mol. The summed E-state index contributed by atoms with van der Waals surface area (Å²) in [5.41, 5.74) is 1.49. The van der Waals surface area contributed by atoms with Gasteiger partial charge in [0.05, 0.1) is 21.7 Å². The molecule has 170 valence electrons. The van der Waals surface area contributed by atoms with Gasteiger partial charge in [-0.1, -0.05) is 17.4 Å². The van der Waals surface area contributed by atoms with E-state index in [0.29, 0.717) is 27.6 Å². The van der Waals surface area contributed by atoms with Crippen LogP contribution in [0.2, 0.25) is 0 Å². The van der Waals surface area contributed by atoms with Crippen molar-refractivity contribution in [3.05, 3.63) is 78.4 Å². The van der Waals surface area contributed by atoms with Crippen molar-refractivity contribution in [1.29, 1.82) is 0 Å². The lowest BCUT2D eigenvalue weighted by molar-refractivity contribution is -0.118. The molecular weight excluding hydrogens is 481 g/mol. The third kappa shape index (κ3) is 5.95. The second-order valence-electron chi connectivity index (χ2n) is 7.29. The fourth-order valence-corrected chi connectivity index (χ4v) is 5.68. The molecule has 0 saturated heterocycles. The van der Waals surface area contributed by atoms with Crippen molar-refractivity contribution in [3.63, 3.8) is 0 Å². The van der Waals surface area contributed by atoms with Crippen LogP contribution in [0.5, 0.6) is 0 Å².